The number of piperazine rings is 1. The van der Waals surface area contributed by atoms with Gasteiger partial charge in [0.2, 0.25) is 5.79 Å². The maximum Gasteiger partial charge on any atom is 0.222 e. The van der Waals surface area contributed by atoms with Crippen molar-refractivity contribution in [1.29, 1.82) is 0 Å². The predicted octanol–water partition coefficient (Wildman–Crippen LogP) is 3.39. The number of anilines is 3. The van der Waals surface area contributed by atoms with E-state index in [1.165, 1.54) is 5.69 Å². The number of nitrogens with one attached hydrogen (secondary N) is 3. The van der Waals surface area contributed by atoms with Crippen molar-refractivity contribution in [2.45, 2.75) is 12.7 Å². The van der Waals surface area contributed by atoms with E-state index in [0.29, 0.717) is 0 Å². The van der Waals surface area contributed by atoms with Crippen molar-refractivity contribution in [2.75, 3.05) is 41.7 Å². The highest BCUT2D eigenvalue weighted by atomic mass is 15.4. The van der Waals surface area contributed by atoms with Crippen molar-refractivity contribution in [2.24, 2.45) is 10.2 Å². The van der Waals surface area contributed by atoms with E-state index in [0.717, 1.165) is 43.2 Å². The molecular weight excluding hydrogens is 300 g/mol. The van der Waals surface area contributed by atoms with Crippen LogP contribution in [0.1, 0.15) is 6.92 Å². The summed E-state index contributed by atoms with van der Waals surface area (Å²) in [5.41, 5.74) is 4.13. The van der Waals surface area contributed by atoms with Gasteiger partial charge in [-0.3, -0.25) is 0 Å². The monoisotopic (exact) mass is 322 g/mol. The lowest BCUT2D eigenvalue weighted by Gasteiger charge is -2.32. The van der Waals surface area contributed by atoms with Gasteiger partial charge in [0.1, 0.15) is 5.69 Å². The topological polar surface area (TPSA) is 64.0 Å². The molecule has 0 aromatic heterocycles. The first-order valence-electron chi connectivity index (χ1n) is 8.36. The van der Waals surface area contributed by atoms with Crippen molar-refractivity contribution < 1.29 is 0 Å². The van der Waals surface area contributed by atoms with Crippen LogP contribution in [-0.2, 0) is 0 Å². The minimum atomic E-state index is -0.648. The summed E-state index contributed by atoms with van der Waals surface area (Å²) >= 11 is 0. The first-order chi connectivity index (χ1) is 11.7. The van der Waals surface area contributed by atoms with E-state index in [4.69, 9.17) is 0 Å². The van der Waals surface area contributed by atoms with Crippen LogP contribution in [0, 0.1) is 0 Å². The summed E-state index contributed by atoms with van der Waals surface area (Å²) in [6, 6.07) is 16.4. The van der Waals surface area contributed by atoms with Crippen molar-refractivity contribution >= 4 is 22.7 Å². The fraction of sp³-hybridized carbons (Fsp3) is 0.333. The molecule has 0 amide bonds. The van der Waals surface area contributed by atoms with Crippen LogP contribution >= 0.6 is 0 Å². The van der Waals surface area contributed by atoms with Gasteiger partial charge in [-0.2, -0.15) is 0 Å². The molecule has 2 aromatic carbocycles. The molecule has 2 aliphatic rings. The average molecular weight is 322 g/mol. The summed E-state index contributed by atoms with van der Waals surface area (Å²) in [6.45, 7) is 6.17. The molecule has 0 spiro atoms. The molecule has 6 heteroatoms. The van der Waals surface area contributed by atoms with E-state index in [1.807, 2.05) is 31.2 Å². The Morgan fingerprint density at radius 1 is 1.04 bits per heavy atom. The van der Waals surface area contributed by atoms with Crippen LogP contribution in [0.4, 0.5) is 22.7 Å². The maximum atomic E-state index is 4.39. The number of azo groups is 1. The van der Waals surface area contributed by atoms with E-state index < -0.39 is 5.79 Å². The molecule has 6 nitrogen and oxygen atoms in total. The van der Waals surface area contributed by atoms with Gasteiger partial charge in [-0.1, -0.05) is 12.1 Å². The Morgan fingerprint density at radius 2 is 1.79 bits per heavy atom. The summed E-state index contributed by atoms with van der Waals surface area (Å²) in [7, 11) is 0. The van der Waals surface area contributed by atoms with Crippen LogP contribution in [0.2, 0.25) is 0 Å². The zero-order chi connectivity index (χ0) is 16.4. The van der Waals surface area contributed by atoms with E-state index in [-0.39, 0.29) is 0 Å². The van der Waals surface area contributed by atoms with Crippen LogP contribution in [0.15, 0.2) is 58.8 Å². The van der Waals surface area contributed by atoms with Gasteiger partial charge < -0.3 is 20.9 Å². The minimum absolute atomic E-state index is 0.648. The summed E-state index contributed by atoms with van der Waals surface area (Å²) < 4.78 is 0. The largest absolute Gasteiger partial charge is 0.369 e. The fourth-order valence-corrected chi connectivity index (χ4v) is 3.12. The number of hydrogen-bond donors (Lipinski definition) is 3. The first-order valence-corrected chi connectivity index (χ1v) is 8.36. The van der Waals surface area contributed by atoms with E-state index in [2.05, 4.69) is 55.3 Å². The lowest BCUT2D eigenvalue weighted by atomic mass is 10.2. The molecule has 4 rings (SSSR count). The minimum Gasteiger partial charge on any atom is -0.369 e. The quantitative estimate of drug-likeness (QED) is 0.810. The van der Waals surface area contributed by atoms with Crippen LogP contribution in [0.3, 0.4) is 0 Å². The maximum absolute atomic E-state index is 4.39. The lowest BCUT2D eigenvalue weighted by Crippen LogP contribution is -2.43. The average Bonchev–Trinajstić information content (AvgIpc) is 2.63. The number of para-hydroxylation sites is 1. The first kappa shape index (κ1) is 15.0. The molecule has 1 unspecified atom stereocenters. The molecular formula is C18H22N6. The van der Waals surface area contributed by atoms with Gasteiger partial charge in [0.25, 0.3) is 0 Å². The van der Waals surface area contributed by atoms with Crippen LogP contribution in [-0.4, -0.2) is 32.0 Å². The Bertz CT molecular complexity index is 735. The Labute approximate surface area is 142 Å². The van der Waals surface area contributed by atoms with Gasteiger partial charge in [0.05, 0.1) is 5.69 Å². The van der Waals surface area contributed by atoms with Crippen molar-refractivity contribution in [3.63, 3.8) is 0 Å². The van der Waals surface area contributed by atoms with E-state index in [9.17, 15) is 0 Å². The lowest BCUT2D eigenvalue weighted by molar-refractivity contribution is 0.575. The van der Waals surface area contributed by atoms with Gasteiger partial charge in [-0.05, 0) is 36.4 Å². The molecule has 0 radical (unpaired) electrons. The molecule has 0 aliphatic carbocycles. The summed E-state index contributed by atoms with van der Waals surface area (Å²) in [5, 5.41) is 18.9. The number of nitrogens with zero attached hydrogens (tertiary/aromatic N) is 3. The van der Waals surface area contributed by atoms with Gasteiger partial charge in [-0.15, -0.1) is 10.2 Å². The van der Waals surface area contributed by atoms with Gasteiger partial charge in [-0.25, -0.2) is 0 Å². The number of rotatable bonds is 3. The van der Waals surface area contributed by atoms with Gasteiger partial charge in [0, 0.05) is 44.5 Å². The van der Waals surface area contributed by atoms with Gasteiger partial charge in [0.15, 0.2) is 0 Å². The third-order valence-electron chi connectivity index (χ3n) is 4.38. The molecule has 2 heterocycles. The molecule has 2 aliphatic heterocycles. The molecule has 1 atom stereocenters. The Morgan fingerprint density at radius 3 is 2.58 bits per heavy atom. The highest BCUT2D eigenvalue weighted by molar-refractivity contribution is 5.68. The van der Waals surface area contributed by atoms with E-state index in [1.54, 1.807) is 0 Å². The predicted molar refractivity (Wildman–Crippen MR) is 98.1 cm³/mol. The molecule has 0 bridgehead atoms. The standard InChI is InChI=1S/C18H22N6/c1-18(21-16-4-2-3-5-17(16)22-23-18)20-14-6-8-15(9-7-14)24-12-10-19-11-13-24/h2-9,19-21H,10-13H2,1H3. The fourth-order valence-electron chi connectivity index (χ4n) is 3.12. The van der Waals surface area contributed by atoms with Crippen LogP contribution in [0.25, 0.3) is 0 Å². The zero-order valence-electron chi connectivity index (χ0n) is 13.8. The second kappa shape index (κ2) is 6.13. The Kier molecular flexibility index (Phi) is 3.82. The highest BCUT2D eigenvalue weighted by Crippen LogP contribution is 2.34. The molecule has 24 heavy (non-hydrogen) atoms. The van der Waals surface area contributed by atoms with Gasteiger partial charge >= 0.3 is 0 Å². The zero-order valence-corrected chi connectivity index (χ0v) is 13.8. The SMILES string of the molecule is CC1(Nc2ccc(N3CCNCC3)cc2)N=Nc2ccccc2N1. The summed E-state index contributed by atoms with van der Waals surface area (Å²) in [5.74, 6) is -0.648. The molecule has 1 saturated heterocycles. The molecule has 0 saturated carbocycles. The van der Waals surface area contributed by atoms with E-state index >= 15 is 0 Å². The second-order valence-corrected chi connectivity index (χ2v) is 6.32. The smallest absolute Gasteiger partial charge is 0.222 e. The molecule has 1 fully saturated rings. The molecule has 2 aromatic rings. The number of hydrogen-bond acceptors (Lipinski definition) is 6. The normalized spacial score (nSPS) is 22.6. The number of fused-ring (bicyclic) bond motifs is 1. The van der Waals surface area contributed by atoms with Crippen LogP contribution in [0.5, 0.6) is 0 Å². The summed E-state index contributed by atoms with van der Waals surface area (Å²) in [6.07, 6.45) is 0. The Hall–Kier alpha value is -2.60. The van der Waals surface area contributed by atoms with Crippen LogP contribution < -0.4 is 20.9 Å². The van der Waals surface area contributed by atoms with Crippen molar-refractivity contribution in [3.05, 3.63) is 48.5 Å². The summed E-state index contributed by atoms with van der Waals surface area (Å²) in [4.78, 5) is 2.40. The molecule has 3 N–H and O–H groups in total. The number of benzene rings is 2. The Balaban J connectivity index is 1.47. The highest BCUT2D eigenvalue weighted by Gasteiger charge is 2.27. The third-order valence-corrected chi connectivity index (χ3v) is 4.38. The van der Waals surface area contributed by atoms with Crippen molar-refractivity contribution in [3.8, 4) is 0 Å². The third kappa shape index (κ3) is 3.05. The van der Waals surface area contributed by atoms with Crippen molar-refractivity contribution in [1.82, 2.24) is 5.32 Å². The second-order valence-electron chi connectivity index (χ2n) is 6.32. The molecule has 124 valence electrons.